The minimum Gasteiger partial charge on any atom is -0.481 e. The molecule has 0 aliphatic heterocycles. The summed E-state index contributed by atoms with van der Waals surface area (Å²) in [6, 6.07) is 7.74. The van der Waals surface area contributed by atoms with Gasteiger partial charge in [-0.05, 0) is 50.2 Å². The maximum absolute atomic E-state index is 12.7. The maximum atomic E-state index is 12.7. The average molecular weight is 287 g/mol. The zero-order valence-electron chi connectivity index (χ0n) is 12.3. The van der Waals surface area contributed by atoms with Gasteiger partial charge >= 0.3 is 5.97 Å². The van der Waals surface area contributed by atoms with Crippen molar-refractivity contribution in [3.05, 3.63) is 29.8 Å². The normalized spacial score (nSPS) is 26.2. The molecule has 2 aliphatic rings. The molecule has 0 aromatic heterocycles. The number of amides is 1. The van der Waals surface area contributed by atoms with Crippen LogP contribution in [0.2, 0.25) is 0 Å². The van der Waals surface area contributed by atoms with Crippen LogP contribution in [0.25, 0.3) is 0 Å². The zero-order valence-corrected chi connectivity index (χ0v) is 12.3. The van der Waals surface area contributed by atoms with Crippen LogP contribution >= 0.6 is 0 Å². The molecule has 2 saturated carbocycles. The van der Waals surface area contributed by atoms with Gasteiger partial charge in [0.25, 0.3) is 0 Å². The second-order valence-corrected chi connectivity index (χ2v) is 6.39. The van der Waals surface area contributed by atoms with E-state index in [9.17, 15) is 9.59 Å². The van der Waals surface area contributed by atoms with Gasteiger partial charge in [-0.2, -0.15) is 0 Å². The van der Waals surface area contributed by atoms with Crippen LogP contribution in [0.3, 0.4) is 0 Å². The summed E-state index contributed by atoms with van der Waals surface area (Å²) in [7, 11) is 0. The third kappa shape index (κ3) is 3.09. The van der Waals surface area contributed by atoms with E-state index in [4.69, 9.17) is 5.11 Å². The van der Waals surface area contributed by atoms with Crippen LogP contribution in [0, 0.1) is 24.7 Å². The van der Waals surface area contributed by atoms with Crippen molar-refractivity contribution in [2.45, 2.75) is 32.6 Å². The van der Waals surface area contributed by atoms with Gasteiger partial charge in [0.1, 0.15) is 0 Å². The van der Waals surface area contributed by atoms with E-state index in [1.54, 1.807) is 4.90 Å². The molecule has 0 spiro atoms. The summed E-state index contributed by atoms with van der Waals surface area (Å²) >= 11 is 0. The Kier molecular flexibility index (Phi) is 3.70. The lowest BCUT2D eigenvalue weighted by Crippen LogP contribution is -2.37. The number of hydrogen-bond donors (Lipinski definition) is 1. The number of aryl methyl sites for hydroxylation is 1. The molecule has 1 aromatic carbocycles. The van der Waals surface area contributed by atoms with Crippen molar-refractivity contribution < 1.29 is 14.7 Å². The molecule has 4 heteroatoms. The predicted molar refractivity (Wildman–Crippen MR) is 80.1 cm³/mol. The molecule has 1 N–H and O–H groups in total. The van der Waals surface area contributed by atoms with E-state index in [0.29, 0.717) is 0 Å². The number of carbonyl (C=O) groups excluding carboxylic acids is 1. The lowest BCUT2D eigenvalue weighted by molar-refractivity contribution is -0.136. The van der Waals surface area contributed by atoms with Crippen molar-refractivity contribution in [3.8, 4) is 0 Å². The Labute approximate surface area is 124 Å². The molecule has 21 heavy (non-hydrogen) atoms. The van der Waals surface area contributed by atoms with E-state index in [1.165, 1.54) is 6.42 Å². The number of benzene rings is 1. The number of hydrogen-bond acceptors (Lipinski definition) is 2. The van der Waals surface area contributed by atoms with E-state index < -0.39 is 5.97 Å². The largest absolute Gasteiger partial charge is 0.481 e. The van der Waals surface area contributed by atoms with Gasteiger partial charge in [0.05, 0.1) is 6.42 Å². The van der Waals surface area contributed by atoms with E-state index in [-0.39, 0.29) is 24.8 Å². The molecule has 2 atom stereocenters. The topological polar surface area (TPSA) is 57.6 Å². The fraction of sp³-hybridized carbons (Fsp3) is 0.529. The molecule has 2 aliphatic carbocycles. The number of carbonyl (C=O) groups is 2. The molecule has 4 nitrogen and oxygen atoms in total. The lowest BCUT2D eigenvalue weighted by atomic mass is 10.0. The Bertz CT molecular complexity index is 542. The molecule has 2 fully saturated rings. The van der Waals surface area contributed by atoms with Gasteiger partial charge in [-0.1, -0.05) is 17.7 Å². The quantitative estimate of drug-likeness (QED) is 0.906. The molecule has 112 valence electrons. The summed E-state index contributed by atoms with van der Waals surface area (Å²) in [6.45, 7) is 2.25. The fourth-order valence-electron chi connectivity index (χ4n) is 3.44. The molecule has 0 saturated heterocycles. The first-order valence-electron chi connectivity index (χ1n) is 7.64. The van der Waals surface area contributed by atoms with Crippen LogP contribution in [-0.2, 0) is 9.59 Å². The van der Waals surface area contributed by atoms with Crippen LogP contribution in [0.15, 0.2) is 24.3 Å². The third-order valence-corrected chi connectivity index (χ3v) is 4.75. The first-order valence-corrected chi connectivity index (χ1v) is 7.64. The van der Waals surface area contributed by atoms with Crippen molar-refractivity contribution >= 4 is 17.6 Å². The average Bonchev–Trinajstić information content (AvgIpc) is 3.06. The molecule has 1 aromatic rings. The van der Waals surface area contributed by atoms with Crippen molar-refractivity contribution in [1.82, 2.24) is 0 Å². The van der Waals surface area contributed by atoms with Crippen molar-refractivity contribution in [2.24, 2.45) is 17.8 Å². The van der Waals surface area contributed by atoms with Gasteiger partial charge in [-0.15, -0.1) is 0 Å². The zero-order chi connectivity index (χ0) is 15.0. The monoisotopic (exact) mass is 287 g/mol. The van der Waals surface area contributed by atoms with Crippen molar-refractivity contribution in [1.29, 1.82) is 0 Å². The summed E-state index contributed by atoms with van der Waals surface area (Å²) in [5.41, 5.74) is 1.94. The summed E-state index contributed by atoms with van der Waals surface area (Å²) < 4.78 is 0. The molecule has 0 radical (unpaired) electrons. The summed E-state index contributed by atoms with van der Waals surface area (Å²) in [5, 5.41) is 8.91. The number of anilines is 1. The number of nitrogens with zero attached hydrogens (tertiary/aromatic N) is 1. The van der Waals surface area contributed by atoms with Gasteiger partial charge in [-0.25, -0.2) is 0 Å². The van der Waals surface area contributed by atoms with Crippen LogP contribution < -0.4 is 4.90 Å². The predicted octanol–water partition coefficient (Wildman–Crippen LogP) is 2.85. The molecule has 1 amide bonds. The first kappa shape index (κ1) is 14.1. The Morgan fingerprint density at radius 2 is 1.76 bits per heavy atom. The number of carboxylic acids is 1. The minimum atomic E-state index is -0.866. The highest BCUT2D eigenvalue weighted by molar-refractivity contribution is 5.95. The SMILES string of the molecule is Cc1ccc(N(CCC(=O)O)C(=O)C2CC3CC3C2)cc1. The van der Waals surface area contributed by atoms with E-state index >= 15 is 0 Å². The number of carboxylic acid groups (broad SMARTS) is 1. The second kappa shape index (κ2) is 5.51. The number of aliphatic carboxylic acids is 1. The van der Waals surface area contributed by atoms with E-state index in [0.717, 1.165) is 35.9 Å². The number of fused-ring (bicyclic) bond motifs is 1. The van der Waals surface area contributed by atoms with E-state index in [2.05, 4.69) is 0 Å². The van der Waals surface area contributed by atoms with Gasteiger partial charge in [0.15, 0.2) is 0 Å². The van der Waals surface area contributed by atoms with Gasteiger partial charge in [0.2, 0.25) is 5.91 Å². The Morgan fingerprint density at radius 1 is 1.14 bits per heavy atom. The maximum Gasteiger partial charge on any atom is 0.305 e. The molecule has 0 bridgehead atoms. The molecule has 2 unspecified atom stereocenters. The standard InChI is InChI=1S/C17H21NO3/c1-11-2-4-15(5-3-11)18(7-6-16(19)20)17(21)14-9-12-8-13(12)10-14/h2-5,12-14H,6-10H2,1H3,(H,19,20). The minimum absolute atomic E-state index is 0.0147. The van der Waals surface area contributed by atoms with Gasteiger partial charge < -0.3 is 10.0 Å². The second-order valence-electron chi connectivity index (χ2n) is 6.39. The van der Waals surface area contributed by atoms with E-state index in [1.807, 2.05) is 31.2 Å². The number of rotatable bonds is 5. The van der Waals surface area contributed by atoms with Crippen molar-refractivity contribution in [2.75, 3.05) is 11.4 Å². The highest BCUT2D eigenvalue weighted by Gasteiger charge is 2.48. The van der Waals surface area contributed by atoms with Crippen molar-refractivity contribution in [3.63, 3.8) is 0 Å². The van der Waals surface area contributed by atoms with Crippen LogP contribution in [0.4, 0.5) is 5.69 Å². The lowest BCUT2D eigenvalue weighted by Gasteiger charge is -2.26. The molecule has 3 rings (SSSR count). The van der Waals surface area contributed by atoms with Gasteiger partial charge in [-0.3, -0.25) is 9.59 Å². The Balaban J connectivity index is 1.75. The summed E-state index contributed by atoms with van der Waals surface area (Å²) in [4.78, 5) is 25.3. The van der Waals surface area contributed by atoms with Crippen LogP contribution in [0.1, 0.15) is 31.2 Å². The molecule has 0 heterocycles. The molecular formula is C17H21NO3. The Hall–Kier alpha value is -1.84. The molecular weight excluding hydrogens is 266 g/mol. The highest BCUT2D eigenvalue weighted by atomic mass is 16.4. The fourth-order valence-corrected chi connectivity index (χ4v) is 3.44. The third-order valence-electron chi connectivity index (χ3n) is 4.75. The first-order chi connectivity index (χ1) is 10.0. The Morgan fingerprint density at radius 3 is 2.33 bits per heavy atom. The smallest absolute Gasteiger partial charge is 0.305 e. The highest BCUT2D eigenvalue weighted by Crippen LogP contribution is 2.54. The summed E-state index contributed by atoms with van der Waals surface area (Å²) in [5.74, 6) is 0.821. The van der Waals surface area contributed by atoms with Crippen LogP contribution in [-0.4, -0.2) is 23.5 Å². The van der Waals surface area contributed by atoms with Gasteiger partial charge in [0, 0.05) is 18.2 Å². The van der Waals surface area contributed by atoms with Crippen LogP contribution in [0.5, 0.6) is 0 Å². The summed E-state index contributed by atoms with van der Waals surface area (Å²) in [6.07, 6.45) is 3.24.